The van der Waals surface area contributed by atoms with Crippen LogP contribution in [0.15, 0.2) is 36.4 Å². The summed E-state index contributed by atoms with van der Waals surface area (Å²) in [5, 5.41) is 0. The highest BCUT2D eigenvalue weighted by molar-refractivity contribution is 5.39. The highest BCUT2D eigenvalue weighted by atomic mass is 16.5. The lowest BCUT2D eigenvalue weighted by atomic mass is 10.1. The Morgan fingerprint density at radius 1 is 0.524 bits per heavy atom. The molecule has 2 aromatic rings. The van der Waals surface area contributed by atoms with E-state index in [1.165, 1.54) is 22.3 Å². The quantitative estimate of drug-likeness (QED) is 0.592. The lowest BCUT2D eigenvalue weighted by Crippen LogP contribution is -1.88. The predicted molar refractivity (Wildman–Crippen MR) is 94.6 cm³/mol. The fourth-order valence-electron chi connectivity index (χ4n) is 1.69. The molecule has 0 unspecified atom stereocenters. The standard InChI is InChI=1S/C16H18O.2C2H6/c1-11-5-7-15(9-13(11)3)17-16-8-6-12(2)14(4)10-16;2*1-2/h5-10H,1-4H3;2*1-2H3. The Morgan fingerprint density at radius 3 is 1.14 bits per heavy atom. The molecule has 0 fully saturated rings. The van der Waals surface area contributed by atoms with Gasteiger partial charge in [0.2, 0.25) is 0 Å². The van der Waals surface area contributed by atoms with Crippen LogP contribution in [0, 0.1) is 27.7 Å². The van der Waals surface area contributed by atoms with Crippen molar-refractivity contribution in [1.82, 2.24) is 0 Å². The van der Waals surface area contributed by atoms with E-state index in [1.807, 2.05) is 39.8 Å². The second-order valence-corrected chi connectivity index (χ2v) is 4.59. The number of rotatable bonds is 2. The fraction of sp³-hybridized carbons (Fsp3) is 0.400. The molecule has 0 radical (unpaired) electrons. The van der Waals surface area contributed by atoms with E-state index in [2.05, 4.69) is 52.0 Å². The summed E-state index contributed by atoms with van der Waals surface area (Å²) in [6.07, 6.45) is 0. The van der Waals surface area contributed by atoms with E-state index in [4.69, 9.17) is 4.74 Å². The molecule has 2 aromatic carbocycles. The van der Waals surface area contributed by atoms with Crippen LogP contribution in [0.5, 0.6) is 11.5 Å². The second kappa shape index (κ2) is 10.0. The van der Waals surface area contributed by atoms with E-state index in [0.717, 1.165) is 11.5 Å². The Hall–Kier alpha value is -1.76. The zero-order chi connectivity index (χ0) is 16.4. The van der Waals surface area contributed by atoms with E-state index in [0.29, 0.717) is 0 Å². The Kier molecular flexibility index (Phi) is 9.20. The molecule has 0 saturated heterocycles. The third-order valence-corrected chi connectivity index (χ3v) is 3.19. The maximum atomic E-state index is 5.85. The lowest BCUT2D eigenvalue weighted by Gasteiger charge is -2.09. The summed E-state index contributed by atoms with van der Waals surface area (Å²) in [4.78, 5) is 0. The van der Waals surface area contributed by atoms with E-state index in [9.17, 15) is 0 Å². The van der Waals surface area contributed by atoms with Gasteiger partial charge in [-0.1, -0.05) is 39.8 Å². The molecular weight excluding hydrogens is 256 g/mol. The van der Waals surface area contributed by atoms with Gasteiger partial charge in [-0.05, 0) is 74.2 Å². The third-order valence-electron chi connectivity index (χ3n) is 3.19. The summed E-state index contributed by atoms with van der Waals surface area (Å²) < 4.78 is 5.85. The van der Waals surface area contributed by atoms with Gasteiger partial charge >= 0.3 is 0 Å². The number of benzene rings is 2. The Balaban J connectivity index is 0.000000921. The van der Waals surface area contributed by atoms with Crippen molar-refractivity contribution >= 4 is 0 Å². The summed E-state index contributed by atoms with van der Waals surface area (Å²) in [6.45, 7) is 16.4. The van der Waals surface area contributed by atoms with E-state index in [1.54, 1.807) is 0 Å². The van der Waals surface area contributed by atoms with Crippen LogP contribution in [-0.4, -0.2) is 0 Å². The summed E-state index contributed by atoms with van der Waals surface area (Å²) in [5.74, 6) is 1.80. The van der Waals surface area contributed by atoms with Crippen molar-refractivity contribution in [3.63, 3.8) is 0 Å². The van der Waals surface area contributed by atoms with Crippen LogP contribution in [-0.2, 0) is 0 Å². The average Bonchev–Trinajstić information content (AvgIpc) is 2.51. The Labute approximate surface area is 131 Å². The molecule has 116 valence electrons. The molecular formula is C20H30O. The summed E-state index contributed by atoms with van der Waals surface area (Å²) in [7, 11) is 0. The molecule has 0 amide bonds. The molecule has 0 aliphatic carbocycles. The van der Waals surface area contributed by atoms with Crippen molar-refractivity contribution in [2.45, 2.75) is 55.4 Å². The first-order valence-electron chi connectivity index (χ1n) is 7.88. The summed E-state index contributed by atoms with van der Waals surface area (Å²) in [5.41, 5.74) is 5.09. The van der Waals surface area contributed by atoms with Crippen LogP contribution in [0.3, 0.4) is 0 Å². The first-order valence-corrected chi connectivity index (χ1v) is 7.88. The molecule has 0 aromatic heterocycles. The first kappa shape index (κ1) is 19.2. The van der Waals surface area contributed by atoms with E-state index >= 15 is 0 Å². The molecule has 0 atom stereocenters. The Bertz CT molecular complexity index is 492. The molecule has 0 bridgehead atoms. The molecule has 2 rings (SSSR count). The maximum Gasteiger partial charge on any atom is 0.127 e. The van der Waals surface area contributed by atoms with Gasteiger partial charge in [0.15, 0.2) is 0 Å². The molecule has 0 heterocycles. The molecule has 0 aliphatic heterocycles. The maximum absolute atomic E-state index is 5.85. The van der Waals surface area contributed by atoms with Gasteiger partial charge in [0.05, 0.1) is 0 Å². The van der Waals surface area contributed by atoms with Gasteiger partial charge < -0.3 is 4.74 Å². The van der Waals surface area contributed by atoms with Crippen molar-refractivity contribution in [3.05, 3.63) is 58.7 Å². The van der Waals surface area contributed by atoms with Gasteiger partial charge in [0, 0.05) is 0 Å². The first-order chi connectivity index (χ1) is 10.1. The zero-order valence-corrected chi connectivity index (χ0v) is 14.9. The van der Waals surface area contributed by atoms with Gasteiger partial charge in [-0.15, -0.1) is 0 Å². The van der Waals surface area contributed by atoms with Gasteiger partial charge in [-0.3, -0.25) is 0 Å². The van der Waals surface area contributed by atoms with E-state index in [-0.39, 0.29) is 0 Å². The Morgan fingerprint density at radius 2 is 0.857 bits per heavy atom. The van der Waals surface area contributed by atoms with Crippen LogP contribution in [0.2, 0.25) is 0 Å². The smallest absolute Gasteiger partial charge is 0.127 e. The average molecular weight is 286 g/mol. The molecule has 1 nitrogen and oxygen atoms in total. The molecule has 0 saturated carbocycles. The third kappa shape index (κ3) is 6.03. The highest BCUT2D eigenvalue weighted by Gasteiger charge is 2.01. The summed E-state index contributed by atoms with van der Waals surface area (Å²) >= 11 is 0. The number of aryl methyl sites for hydroxylation is 4. The van der Waals surface area contributed by atoms with Crippen LogP contribution >= 0.6 is 0 Å². The topological polar surface area (TPSA) is 9.23 Å². The minimum atomic E-state index is 0.899. The van der Waals surface area contributed by atoms with Gasteiger partial charge in [-0.25, -0.2) is 0 Å². The van der Waals surface area contributed by atoms with Crippen molar-refractivity contribution < 1.29 is 4.74 Å². The van der Waals surface area contributed by atoms with Crippen LogP contribution in [0.25, 0.3) is 0 Å². The number of hydrogen-bond donors (Lipinski definition) is 0. The van der Waals surface area contributed by atoms with Gasteiger partial charge in [0.1, 0.15) is 11.5 Å². The number of ether oxygens (including phenoxy) is 1. The monoisotopic (exact) mass is 286 g/mol. The normalized spacial score (nSPS) is 8.95. The SMILES string of the molecule is CC.CC.Cc1ccc(Oc2ccc(C)c(C)c2)cc1C. The number of hydrogen-bond acceptors (Lipinski definition) is 1. The molecule has 0 aliphatic rings. The lowest BCUT2D eigenvalue weighted by molar-refractivity contribution is 0.481. The highest BCUT2D eigenvalue weighted by Crippen LogP contribution is 2.25. The van der Waals surface area contributed by atoms with E-state index < -0.39 is 0 Å². The molecule has 1 heteroatoms. The van der Waals surface area contributed by atoms with Crippen molar-refractivity contribution in [3.8, 4) is 11.5 Å². The van der Waals surface area contributed by atoms with Gasteiger partial charge in [-0.2, -0.15) is 0 Å². The van der Waals surface area contributed by atoms with Crippen LogP contribution in [0.1, 0.15) is 49.9 Å². The predicted octanol–water partition coefficient (Wildman–Crippen LogP) is 6.76. The van der Waals surface area contributed by atoms with Gasteiger partial charge in [0.25, 0.3) is 0 Å². The molecule has 21 heavy (non-hydrogen) atoms. The van der Waals surface area contributed by atoms with Crippen LogP contribution < -0.4 is 4.74 Å². The fourth-order valence-corrected chi connectivity index (χ4v) is 1.69. The largest absolute Gasteiger partial charge is 0.457 e. The zero-order valence-electron chi connectivity index (χ0n) is 14.9. The van der Waals surface area contributed by atoms with Crippen molar-refractivity contribution in [2.24, 2.45) is 0 Å². The summed E-state index contributed by atoms with van der Waals surface area (Å²) in [6, 6.07) is 12.3. The molecule has 0 spiro atoms. The van der Waals surface area contributed by atoms with Crippen molar-refractivity contribution in [2.75, 3.05) is 0 Å². The van der Waals surface area contributed by atoms with Crippen molar-refractivity contribution in [1.29, 1.82) is 0 Å². The minimum Gasteiger partial charge on any atom is -0.457 e. The minimum absolute atomic E-state index is 0.899. The second-order valence-electron chi connectivity index (χ2n) is 4.59. The molecule has 0 N–H and O–H groups in total. The van der Waals surface area contributed by atoms with Crippen LogP contribution in [0.4, 0.5) is 0 Å².